The molecule has 0 saturated carbocycles. The first kappa shape index (κ1) is 18.2. The van der Waals surface area contributed by atoms with Gasteiger partial charge in [0, 0.05) is 29.4 Å². The fourth-order valence-corrected chi connectivity index (χ4v) is 2.52. The van der Waals surface area contributed by atoms with E-state index < -0.39 is 11.7 Å². The van der Waals surface area contributed by atoms with Gasteiger partial charge in [0.15, 0.2) is 11.5 Å². The number of methoxy groups -OCH3 is 3. The minimum atomic E-state index is -0.556. The first-order chi connectivity index (χ1) is 13.1. The smallest absolute Gasteiger partial charge is 0.294 e. The lowest BCUT2D eigenvalue weighted by atomic mass is 10.1. The predicted octanol–water partition coefficient (Wildman–Crippen LogP) is 3.76. The van der Waals surface area contributed by atoms with Crippen molar-refractivity contribution in [2.45, 2.75) is 0 Å². The van der Waals surface area contributed by atoms with E-state index >= 15 is 0 Å². The van der Waals surface area contributed by atoms with E-state index in [0.29, 0.717) is 22.9 Å². The summed E-state index contributed by atoms with van der Waals surface area (Å²) in [6, 6.07) is 10.6. The number of carbonyl (C=O) groups excluding carboxylic acids is 1. The summed E-state index contributed by atoms with van der Waals surface area (Å²) in [7, 11) is 4.43. The molecule has 2 aromatic carbocycles. The van der Waals surface area contributed by atoms with E-state index in [1.54, 1.807) is 30.3 Å². The SMILES string of the molecule is COc1cc(NC(=O)c2cc(-c3ccccc3F)no2)cc(OC)c1OC. The van der Waals surface area contributed by atoms with E-state index in [1.807, 2.05) is 0 Å². The molecule has 3 rings (SSSR count). The molecule has 27 heavy (non-hydrogen) atoms. The standard InChI is InChI=1S/C19H17FN2O5/c1-24-15-8-11(9-16(25-2)18(15)26-3)21-19(23)17-10-14(22-27-17)12-6-4-5-7-13(12)20/h4-10H,1-3H3,(H,21,23). The van der Waals surface area contributed by atoms with E-state index in [2.05, 4.69) is 10.5 Å². The summed E-state index contributed by atoms with van der Waals surface area (Å²) in [6.45, 7) is 0. The van der Waals surface area contributed by atoms with Crippen molar-refractivity contribution in [3.05, 3.63) is 54.0 Å². The van der Waals surface area contributed by atoms with E-state index in [4.69, 9.17) is 18.7 Å². The van der Waals surface area contributed by atoms with Gasteiger partial charge in [0.2, 0.25) is 11.5 Å². The second-order valence-electron chi connectivity index (χ2n) is 5.42. The second-order valence-corrected chi connectivity index (χ2v) is 5.42. The summed E-state index contributed by atoms with van der Waals surface area (Å²) >= 11 is 0. The Morgan fingerprint density at radius 2 is 1.70 bits per heavy atom. The van der Waals surface area contributed by atoms with Crippen LogP contribution in [0.5, 0.6) is 17.2 Å². The fourth-order valence-electron chi connectivity index (χ4n) is 2.52. The summed E-state index contributed by atoms with van der Waals surface area (Å²) in [5.74, 6) is 0.0942. The molecule has 0 saturated heterocycles. The Hall–Kier alpha value is -3.55. The van der Waals surface area contributed by atoms with Crippen LogP contribution in [-0.4, -0.2) is 32.4 Å². The van der Waals surface area contributed by atoms with Crippen LogP contribution >= 0.6 is 0 Å². The molecule has 0 aliphatic carbocycles. The zero-order valence-corrected chi connectivity index (χ0v) is 14.9. The van der Waals surface area contributed by atoms with Crippen molar-refractivity contribution in [3.63, 3.8) is 0 Å². The predicted molar refractivity (Wildman–Crippen MR) is 95.9 cm³/mol. The molecule has 0 bridgehead atoms. The van der Waals surface area contributed by atoms with Gasteiger partial charge in [-0.05, 0) is 12.1 Å². The number of anilines is 1. The lowest BCUT2D eigenvalue weighted by Crippen LogP contribution is -2.11. The van der Waals surface area contributed by atoms with Crippen LogP contribution < -0.4 is 19.5 Å². The number of carbonyl (C=O) groups is 1. The molecule has 0 radical (unpaired) electrons. The molecular formula is C19H17FN2O5. The maximum absolute atomic E-state index is 13.8. The number of amides is 1. The van der Waals surface area contributed by atoms with Crippen LogP contribution in [0.15, 0.2) is 47.0 Å². The second kappa shape index (κ2) is 7.77. The molecule has 8 heteroatoms. The summed E-state index contributed by atoms with van der Waals surface area (Å²) in [5, 5.41) is 6.42. The number of nitrogens with one attached hydrogen (secondary N) is 1. The van der Waals surface area contributed by atoms with Gasteiger partial charge in [-0.3, -0.25) is 4.79 Å². The highest BCUT2D eigenvalue weighted by Gasteiger charge is 2.19. The van der Waals surface area contributed by atoms with Gasteiger partial charge in [-0.15, -0.1) is 0 Å². The highest BCUT2D eigenvalue weighted by molar-refractivity contribution is 6.03. The van der Waals surface area contributed by atoms with Crippen LogP contribution in [0.3, 0.4) is 0 Å². The topological polar surface area (TPSA) is 82.8 Å². The number of hydrogen-bond donors (Lipinski definition) is 1. The number of ether oxygens (including phenoxy) is 3. The van der Waals surface area contributed by atoms with E-state index in [1.165, 1.54) is 33.5 Å². The van der Waals surface area contributed by atoms with Gasteiger partial charge in [0.05, 0.1) is 21.3 Å². The molecule has 3 aromatic rings. The highest BCUT2D eigenvalue weighted by Crippen LogP contribution is 2.40. The molecule has 0 spiro atoms. The Morgan fingerprint density at radius 1 is 1.04 bits per heavy atom. The number of nitrogens with zero attached hydrogens (tertiary/aromatic N) is 1. The molecule has 1 N–H and O–H groups in total. The largest absolute Gasteiger partial charge is 0.493 e. The molecule has 0 atom stereocenters. The maximum atomic E-state index is 13.8. The number of benzene rings is 2. The van der Waals surface area contributed by atoms with Gasteiger partial charge in [0.25, 0.3) is 5.91 Å². The van der Waals surface area contributed by atoms with Crippen molar-refractivity contribution >= 4 is 11.6 Å². The summed E-state index contributed by atoms with van der Waals surface area (Å²) in [6.07, 6.45) is 0. The van der Waals surface area contributed by atoms with Gasteiger partial charge in [0.1, 0.15) is 11.5 Å². The Morgan fingerprint density at radius 3 is 2.30 bits per heavy atom. The van der Waals surface area contributed by atoms with Crippen LogP contribution in [-0.2, 0) is 0 Å². The van der Waals surface area contributed by atoms with Gasteiger partial charge < -0.3 is 24.1 Å². The third-order valence-corrected chi connectivity index (χ3v) is 3.81. The minimum Gasteiger partial charge on any atom is -0.493 e. The lowest BCUT2D eigenvalue weighted by Gasteiger charge is -2.14. The summed E-state index contributed by atoms with van der Waals surface area (Å²) in [4.78, 5) is 12.4. The molecule has 7 nitrogen and oxygen atoms in total. The Kier molecular flexibility index (Phi) is 5.25. The first-order valence-corrected chi connectivity index (χ1v) is 7.90. The fraction of sp³-hybridized carbons (Fsp3) is 0.158. The molecule has 140 valence electrons. The molecule has 0 aliphatic rings. The summed E-state index contributed by atoms with van der Waals surface area (Å²) < 4.78 is 34.6. The van der Waals surface area contributed by atoms with E-state index in [-0.39, 0.29) is 17.0 Å². The lowest BCUT2D eigenvalue weighted by molar-refractivity contribution is 0.0988. The Balaban J connectivity index is 1.85. The van der Waals surface area contributed by atoms with Crippen LogP contribution in [0, 0.1) is 5.82 Å². The third-order valence-electron chi connectivity index (χ3n) is 3.81. The van der Waals surface area contributed by atoms with Crippen LogP contribution in [0.1, 0.15) is 10.6 Å². The number of hydrogen-bond acceptors (Lipinski definition) is 6. The minimum absolute atomic E-state index is 0.0676. The van der Waals surface area contributed by atoms with Crippen LogP contribution in [0.4, 0.5) is 10.1 Å². The molecular weight excluding hydrogens is 355 g/mol. The number of halogens is 1. The Bertz CT molecular complexity index is 945. The van der Waals surface area contributed by atoms with Crippen molar-refractivity contribution in [3.8, 4) is 28.5 Å². The van der Waals surface area contributed by atoms with E-state index in [0.717, 1.165) is 0 Å². The highest BCUT2D eigenvalue weighted by atomic mass is 19.1. The summed E-state index contributed by atoms with van der Waals surface area (Å²) in [5.41, 5.74) is 0.870. The van der Waals surface area contributed by atoms with Gasteiger partial charge in [-0.1, -0.05) is 17.3 Å². The molecule has 1 amide bonds. The normalized spacial score (nSPS) is 10.4. The van der Waals surface area contributed by atoms with Gasteiger partial charge in [-0.25, -0.2) is 4.39 Å². The molecule has 1 heterocycles. The number of aromatic nitrogens is 1. The molecule has 0 aliphatic heterocycles. The third kappa shape index (κ3) is 3.69. The molecule has 0 unspecified atom stereocenters. The van der Waals surface area contributed by atoms with Crippen LogP contribution in [0.2, 0.25) is 0 Å². The first-order valence-electron chi connectivity index (χ1n) is 7.90. The zero-order valence-electron chi connectivity index (χ0n) is 14.9. The van der Waals surface area contributed by atoms with Crippen molar-refractivity contribution < 1.29 is 27.9 Å². The molecule has 0 fully saturated rings. The van der Waals surface area contributed by atoms with Crippen molar-refractivity contribution in [1.29, 1.82) is 0 Å². The van der Waals surface area contributed by atoms with Crippen LogP contribution in [0.25, 0.3) is 11.3 Å². The average molecular weight is 372 g/mol. The van der Waals surface area contributed by atoms with E-state index in [9.17, 15) is 9.18 Å². The quantitative estimate of drug-likeness (QED) is 0.709. The average Bonchev–Trinajstić information content (AvgIpc) is 3.17. The Labute approximate surface area is 154 Å². The van der Waals surface area contributed by atoms with Crippen molar-refractivity contribution in [1.82, 2.24) is 5.16 Å². The van der Waals surface area contributed by atoms with Crippen molar-refractivity contribution in [2.24, 2.45) is 0 Å². The van der Waals surface area contributed by atoms with Crippen molar-refractivity contribution in [2.75, 3.05) is 26.6 Å². The number of rotatable bonds is 6. The monoisotopic (exact) mass is 372 g/mol. The molecule has 1 aromatic heterocycles. The maximum Gasteiger partial charge on any atom is 0.294 e. The van der Waals surface area contributed by atoms with Gasteiger partial charge >= 0.3 is 0 Å². The zero-order chi connectivity index (χ0) is 19.4. The van der Waals surface area contributed by atoms with Gasteiger partial charge in [-0.2, -0.15) is 0 Å².